The molecule has 0 bridgehead atoms. The molecule has 1 N–H and O–H groups in total. The maximum Gasteiger partial charge on any atom is 0.254 e. The minimum absolute atomic E-state index is 0.655. The molecule has 0 atom stereocenters. The van der Waals surface area contributed by atoms with Gasteiger partial charge >= 0.3 is 0 Å². The molecule has 2 rings (SSSR count). The zero-order valence-electron chi connectivity index (χ0n) is 11.6. The average molecular weight is 279 g/mol. The van der Waals surface area contributed by atoms with E-state index in [2.05, 4.69) is 26.6 Å². The van der Waals surface area contributed by atoms with Gasteiger partial charge in [-0.1, -0.05) is 12.8 Å². The summed E-state index contributed by atoms with van der Waals surface area (Å²) in [5, 5.41) is 7.60. The van der Waals surface area contributed by atoms with Gasteiger partial charge < -0.3 is 5.32 Å². The highest BCUT2D eigenvalue weighted by Gasteiger charge is 2.04. The first-order valence-corrected chi connectivity index (χ1v) is 8.11. The minimum Gasteiger partial charge on any atom is -0.370 e. The third-order valence-electron chi connectivity index (χ3n) is 2.96. The predicted octanol–water partition coefficient (Wildman–Crippen LogP) is 2.77. The van der Waals surface area contributed by atoms with Gasteiger partial charge in [-0.15, -0.1) is 0 Å². The molecule has 0 radical (unpaired) electrons. The van der Waals surface area contributed by atoms with Crippen molar-refractivity contribution in [1.82, 2.24) is 19.6 Å². The van der Waals surface area contributed by atoms with E-state index in [1.54, 1.807) is 4.52 Å². The monoisotopic (exact) mass is 279 g/mol. The lowest BCUT2D eigenvalue weighted by Gasteiger charge is -2.08. The Morgan fingerprint density at radius 2 is 2.11 bits per heavy atom. The minimum atomic E-state index is 0.655. The molecule has 2 aromatic rings. The summed E-state index contributed by atoms with van der Waals surface area (Å²) in [5.74, 6) is 2.91. The molecule has 0 saturated heterocycles. The number of hydrogen-bond acceptors (Lipinski definition) is 5. The summed E-state index contributed by atoms with van der Waals surface area (Å²) in [4.78, 5) is 8.44. The summed E-state index contributed by atoms with van der Waals surface area (Å²) in [7, 11) is 0. The summed E-state index contributed by atoms with van der Waals surface area (Å²) in [6.07, 6.45) is 8.80. The van der Waals surface area contributed by atoms with Crippen molar-refractivity contribution in [2.75, 3.05) is 23.9 Å². The van der Waals surface area contributed by atoms with E-state index >= 15 is 0 Å². The molecule has 0 fully saturated rings. The normalized spacial score (nSPS) is 11.1. The van der Waals surface area contributed by atoms with Crippen molar-refractivity contribution in [2.45, 2.75) is 32.6 Å². The van der Waals surface area contributed by atoms with Crippen LogP contribution in [0.1, 0.15) is 31.4 Å². The number of anilines is 1. The highest BCUT2D eigenvalue weighted by molar-refractivity contribution is 7.98. The Hall–Kier alpha value is -1.30. The third-order valence-corrected chi connectivity index (χ3v) is 3.66. The number of unbranched alkanes of at least 4 members (excludes halogenated alkanes) is 3. The first-order valence-electron chi connectivity index (χ1n) is 6.71. The van der Waals surface area contributed by atoms with E-state index in [-0.39, 0.29) is 0 Å². The first kappa shape index (κ1) is 14.1. The fraction of sp³-hybridized carbons (Fsp3) is 0.615. The summed E-state index contributed by atoms with van der Waals surface area (Å²) in [6, 6.07) is 2.01. The Kier molecular flexibility index (Phi) is 5.44. The number of thioether (sulfide) groups is 1. The van der Waals surface area contributed by atoms with E-state index < -0.39 is 0 Å². The van der Waals surface area contributed by atoms with Crippen LogP contribution >= 0.6 is 11.8 Å². The number of aryl methyl sites for hydroxylation is 1. The van der Waals surface area contributed by atoms with Crippen LogP contribution in [0.4, 0.5) is 5.82 Å². The van der Waals surface area contributed by atoms with Gasteiger partial charge in [-0.2, -0.15) is 26.4 Å². The van der Waals surface area contributed by atoms with Crippen LogP contribution in [0.5, 0.6) is 0 Å². The number of hydrogen-bond donors (Lipinski definition) is 1. The van der Waals surface area contributed by atoms with Crippen LogP contribution in [0.15, 0.2) is 12.4 Å². The van der Waals surface area contributed by atoms with Gasteiger partial charge in [-0.25, -0.2) is 4.98 Å². The van der Waals surface area contributed by atoms with Crippen molar-refractivity contribution >= 4 is 23.4 Å². The molecule has 104 valence electrons. The van der Waals surface area contributed by atoms with Crippen LogP contribution in [0.2, 0.25) is 0 Å². The molecule has 0 spiro atoms. The average Bonchev–Trinajstić information content (AvgIpc) is 2.85. The van der Waals surface area contributed by atoms with E-state index in [1.165, 1.54) is 37.8 Å². The quantitative estimate of drug-likeness (QED) is 0.753. The molecule has 0 aliphatic carbocycles. The third kappa shape index (κ3) is 4.09. The molecule has 0 aromatic carbocycles. The Balaban J connectivity index is 1.79. The first-order chi connectivity index (χ1) is 9.31. The van der Waals surface area contributed by atoms with Crippen molar-refractivity contribution in [1.29, 1.82) is 0 Å². The second-order valence-electron chi connectivity index (χ2n) is 4.59. The fourth-order valence-electron chi connectivity index (χ4n) is 2.00. The van der Waals surface area contributed by atoms with Crippen molar-refractivity contribution in [3.05, 3.63) is 18.1 Å². The summed E-state index contributed by atoms with van der Waals surface area (Å²) < 4.78 is 1.75. The highest BCUT2D eigenvalue weighted by Crippen LogP contribution is 2.11. The Morgan fingerprint density at radius 1 is 1.26 bits per heavy atom. The van der Waals surface area contributed by atoms with Gasteiger partial charge in [0.1, 0.15) is 12.1 Å². The van der Waals surface area contributed by atoms with E-state index in [9.17, 15) is 0 Å². The number of nitrogens with one attached hydrogen (secondary N) is 1. The van der Waals surface area contributed by atoms with Gasteiger partial charge in [-0.05, 0) is 31.8 Å². The summed E-state index contributed by atoms with van der Waals surface area (Å²) >= 11 is 1.93. The molecule has 0 amide bonds. The standard InChI is InChI=1S/C13H21N5S/c1-11-9-12(18-13(17-11)15-10-16-18)14-7-5-3-4-6-8-19-2/h9-10,14H,3-8H2,1-2H3. The molecule has 2 aromatic heterocycles. The van der Waals surface area contributed by atoms with E-state index in [1.807, 2.05) is 24.8 Å². The summed E-state index contributed by atoms with van der Waals surface area (Å²) in [6.45, 7) is 2.94. The van der Waals surface area contributed by atoms with Crippen LogP contribution in [0.25, 0.3) is 5.78 Å². The van der Waals surface area contributed by atoms with E-state index in [4.69, 9.17) is 0 Å². The number of aromatic nitrogens is 4. The van der Waals surface area contributed by atoms with E-state index in [0.29, 0.717) is 5.78 Å². The predicted molar refractivity (Wildman–Crippen MR) is 80.9 cm³/mol. The van der Waals surface area contributed by atoms with Crippen LogP contribution in [0, 0.1) is 6.92 Å². The lowest BCUT2D eigenvalue weighted by Crippen LogP contribution is -2.08. The molecular weight excluding hydrogens is 258 g/mol. The zero-order chi connectivity index (χ0) is 13.5. The van der Waals surface area contributed by atoms with Crippen molar-refractivity contribution in [2.24, 2.45) is 0 Å². The SMILES string of the molecule is CSCCCCCCNc1cc(C)nc2ncnn12. The molecule has 0 aliphatic heterocycles. The highest BCUT2D eigenvalue weighted by atomic mass is 32.2. The van der Waals surface area contributed by atoms with Crippen molar-refractivity contribution in [3.63, 3.8) is 0 Å². The van der Waals surface area contributed by atoms with Crippen LogP contribution in [-0.4, -0.2) is 38.1 Å². The molecule has 19 heavy (non-hydrogen) atoms. The van der Waals surface area contributed by atoms with Crippen LogP contribution < -0.4 is 5.32 Å². The van der Waals surface area contributed by atoms with Gasteiger partial charge in [0, 0.05) is 18.3 Å². The van der Waals surface area contributed by atoms with Gasteiger partial charge in [0.05, 0.1) is 0 Å². The van der Waals surface area contributed by atoms with Gasteiger partial charge in [0.15, 0.2) is 0 Å². The molecular formula is C13H21N5S. The number of nitrogens with zero attached hydrogens (tertiary/aromatic N) is 4. The maximum atomic E-state index is 4.32. The van der Waals surface area contributed by atoms with Crippen molar-refractivity contribution in [3.8, 4) is 0 Å². The van der Waals surface area contributed by atoms with Gasteiger partial charge in [0.25, 0.3) is 5.78 Å². The zero-order valence-corrected chi connectivity index (χ0v) is 12.4. The maximum absolute atomic E-state index is 4.32. The Morgan fingerprint density at radius 3 is 2.95 bits per heavy atom. The molecule has 2 heterocycles. The fourth-order valence-corrected chi connectivity index (χ4v) is 2.49. The largest absolute Gasteiger partial charge is 0.370 e. The molecule has 6 heteroatoms. The van der Waals surface area contributed by atoms with Gasteiger partial charge in [0.2, 0.25) is 0 Å². The van der Waals surface area contributed by atoms with E-state index in [0.717, 1.165) is 18.1 Å². The van der Waals surface area contributed by atoms with Gasteiger partial charge in [-0.3, -0.25) is 0 Å². The lowest BCUT2D eigenvalue weighted by atomic mass is 10.2. The number of fused-ring (bicyclic) bond motifs is 1. The van der Waals surface area contributed by atoms with Crippen molar-refractivity contribution < 1.29 is 0 Å². The topological polar surface area (TPSA) is 55.1 Å². The Labute approximate surface area is 118 Å². The van der Waals surface area contributed by atoms with Crippen LogP contribution in [0.3, 0.4) is 0 Å². The second kappa shape index (κ2) is 7.33. The number of rotatable bonds is 8. The second-order valence-corrected chi connectivity index (χ2v) is 5.57. The molecule has 0 aliphatic rings. The van der Waals surface area contributed by atoms with Crippen LogP contribution in [-0.2, 0) is 0 Å². The smallest absolute Gasteiger partial charge is 0.254 e. The lowest BCUT2D eigenvalue weighted by molar-refractivity contribution is 0.687. The molecule has 0 saturated carbocycles. The molecule has 5 nitrogen and oxygen atoms in total. The Bertz CT molecular complexity index is 511. The molecule has 0 unspecified atom stereocenters. The summed E-state index contributed by atoms with van der Waals surface area (Å²) in [5.41, 5.74) is 0.961.